The van der Waals surface area contributed by atoms with Crippen molar-refractivity contribution in [2.75, 3.05) is 37.8 Å². The Kier molecular flexibility index (Phi) is 5.55. The normalized spacial score (nSPS) is 14.1. The van der Waals surface area contributed by atoms with Gasteiger partial charge in [-0.15, -0.1) is 0 Å². The van der Waals surface area contributed by atoms with Gasteiger partial charge in [0.2, 0.25) is 11.3 Å². The van der Waals surface area contributed by atoms with Gasteiger partial charge in [-0.05, 0) is 31.2 Å². The van der Waals surface area contributed by atoms with Gasteiger partial charge in [0.25, 0.3) is 5.89 Å². The van der Waals surface area contributed by atoms with Gasteiger partial charge in [0.15, 0.2) is 0 Å². The number of hydrogen-bond acceptors (Lipinski definition) is 7. The lowest BCUT2D eigenvalue weighted by molar-refractivity contribution is 0.122. The molecule has 9 heteroatoms. The minimum atomic E-state index is -0.449. The second-order valence-corrected chi connectivity index (χ2v) is 7.76. The lowest BCUT2D eigenvalue weighted by Crippen LogP contribution is -2.36. The van der Waals surface area contributed by atoms with Crippen molar-refractivity contribution in [2.24, 2.45) is 7.05 Å². The summed E-state index contributed by atoms with van der Waals surface area (Å²) in [5, 5.41) is 4.29. The number of hydrogen-bond donors (Lipinski definition) is 0. The molecule has 0 bridgehead atoms. The maximum atomic E-state index is 15.0. The molecule has 0 aliphatic carbocycles. The Balaban J connectivity index is 1.58. The second kappa shape index (κ2) is 8.67. The fraction of sp³-hybridized carbons (Fsp3) is 0.292. The van der Waals surface area contributed by atoms with Gasteiger partial charge in [0, 0.05) is 31.7 Å². The van der Waals surface area contributed by atoms with Gasteiger partial charge in [-0.2, -0.15) is 4.98 Å². The van der Waals surface area contributed by atoms with Crippen LogP contribution in [0.15, 0.2) is 51.9 Å². The van der Waals surface area contributed by atoms with Crippen LogP contribution >= 0.6 is 0 Å². The van der Waals surface area contributed by atoms with Gasteiger partial charge in [-0.25, -0.2) is 4.39 Å². The molecule has 2 aromatic heterocycles. The molecular weight excluding hydrogens is 427 g/mol. The summed E-state index contributed by atoms with van der Waals surface area (Å²) in [6.07, 6.45) is 1.64. The van der Waals surface area contributed by atoms with Crippen molar-refractivity contribution in [2.45, 2.75) is 6.92 Å². The first kappa shape index (κ1) is 21.1. The van der Waals surface area contributed by atoms with E-state index in [1.807, 2.05) is 36.1 Å². The number of fused-ring (bicyclic) bond motifs is 1. The van der Waals surface area contributed by atoms with Crippen LogP contribution in [0.2, 0.25) is 0 Å². The first-order valence-corrected chi connectivity index (χ1v) is 10.8. The monoisotopic (exact) mass is 450 g/mol. The summed E-state index contributed by atoms with van der Waals surface area (Å²) in [5.74, 6) is 0.550. The summed E-state index contributed by atoms with van der Waals surface area (Å²) in [6.45, 7) is 4.67. The highest BCUT2D eigenvalue weighted by atomic mass is 19.1. The molecule has 5 rings (SSSR count). The first-order valence-electron chi connectivity index (χ1n) is 10.8. The van der Waals surface area contributed by atoms with E-state index in [9.17, 15) is 9.18 Å². The zero-order valence-electron chi connectivity index (χ0n) is 18.4. The van der Waals surface area contributed by atoms with E-state index in [1.165, 1.54) is 6.07 Å². The zero-order valence-corrected chi connectivity index (χ0v) is 18.4. The van der Waals surface area contributed by atoms with Gasteiger partial charge in [0.05, 0.1) is 36.6 Å². The van der Waals surface area contributed by atoms with Crippen LogP contribution in [0.5, 0.6) is 5.75 Å². The van der Waals surface area contributed by atoms with E-state index in [0.29, 0.717) is 61.3 Å². The largest absolute Gasteiger partial charge is 0.493 e. The molecule has 1 fully saturated rings. The Bertz CT molecular complexity index is 1370. The van der Waals surface area contributed by atoms with E-state index in [0.717, 1.165) is 0 Å². The van der Waals surface area contributed by atoms with Crippen LogP contribution in [0, 0.1) is 5.82 Å². The fourth-order valence-electron chi connectivity index (χ4n) is 4.07. The van der Waals surface area contributed by atoms with Crippen molar-refractivity contribution < 1.29 is 18.4 Å². The first-order chi connectivity index (χ1) is 16.1. The summed E-state index contributed by atoms with van der Waals surface area (Å²) in [5.41, 5.74) is 1.57. The third kappa shape index (κ3) is 3.84. The minimum Gasteiger partial charge on any atom is -0.493 e. The predicted octanol–water partition coefficient (Wildman–Crippen LogP) is 3.63. The molecule has 1 aliphatic heterocycles. The number of benzene rings is 2. The number of rotatable bonds is 5. The van der Waals surface area contributed by atoms with Gasteiger partial charge in [-0.1, -0.05) is 17.3 Å². The van der Waals surface area contributed by atoms with Crippen molar-refractivity contribution in [3.8, 4) is 28.6 Å². The van der Waals surface area contributed by atoms with E-state index >= 15 is 0 Å². The van der Waals surface area contributed by atoms with Crippen LogP contribution < -0.4 is 15.1 Å². The quantitative estimate of drug-likeness (QED) is 0.459. The number of aryl methyl sites for hydroxylation is 1. The Morgan fingerprint density at radius 2 is 1.94 bits per heavy atom. The number of halogens is 1. The van der Waals surface area contributed by atoms with Crippen molar-refractivity contribution in [3.05, 3.63) is 58.6 Å². The van der Waals surface area contributed by atoms with Gasteiger partial charge in [-0.3, -0.25) is 4.79 Å². The Hall–Kier alpha value is -3.72. The van der Waals surface area contributed by atoms with Crippen LogP contribution in [-0.4, -0.2) is 47.6 Å². The molecule has 8 nitrogen and oxygen atoms in total. The molecule has 0 atom stereocenters. The molecule has 3 heterocycles. The summed E-state index contributed by atoms with van der Waals surface area (Å²) in [7, 11) is 1.80. The van der Waals surface area contributed by atoms with Crippen LogP contribution in [0.4, 0.5) is 10.1 Å². The summed E-state index contributed by atoms with van der Waals surface area (Å²) >= 11 is 0. The fourth-order valence-corrected chi connectivity index (χ4v) is 4.07. The molecule has 2 aromatic carbocycles. The summed E-state index contributed by atoms with van der Waals surface area (Å²) in [4.78, 5) is 19.6. The predicted molar refractivity (Wildman–Crippen MR) is 122 cm³/mol. The number of nitrogens with zero attached hydrogens (tertiary/aromatic N) is 4. The standard InChI is InChI=1S/C24H23FN4O4/c1-3-32-21-7-5-4-6-15(21)23-26-24(33-27-23)17-14-28(2)19-13-20(29-8-10-31-11-9-29)18(25)12-16(19)22(17)30/h4-7,12-14H,3,8-11H2,1-2H3. The highest BCUT2D eigenvalue weighted by molar-refractivity contribution is 5.86. The molecule has 0 amide bonds. The van der Waals surface area contributed by atoms with Gasteiger partial charge >= 0.3 is 0 Å². The lowest BCUT2D eigenvalue weighted by atomic mass is 10.1. The molecule has 1 saturated heterocycles. The highest BCUT2D eigenvalue weighted by Crippen LogP contribution is 2.30. The lowest BCUT2D eigenvalue weighted by Gasteiger charge is -2.29. The number of anilines is 1. The van der Waals surface area contributed by atoms with E-state index < -0.39 is 5.82 Å². The minimum absolute atomic E-state index is 0.0662. The van der Waals surface area contributed by atoms with Gasteiger partial charge in [0.1, 0.15) is 17.1 Å². The topological polar surface area (TPSA) is 82.6 Å². The summed E-state index contributed by atoms with van der Waals surface area (Å²) < 4.78 is 33.2. The average molecular weight is 450 g/mol. The van der Waals surface area contributed by atoms with Crippen molar-refractivity contribution >= 4 is 16.6 Å². The molecular formula is C24H23FN4O4. The Morgan fingerprint density at radius 1 is 1.15 bits per heavy atom. The molecule has 0 spiro atoms. The van der Waals surface area contributed by atoms with Gasteiger partial charge < -0.3 is 23.5 Å². The Morgan fingerprint density at radius 3 is 2.73 bits per heavy atom. The molecule has 0 unspecified atom stereocenters. The number of aromatic nitrogens is 3. The third-order valence-electron chi connectivity index (χ3n) is 5.69. The molecule has 0 N–H and O–H groups in total. The van der Waals surface area contributed by atoms with Crippen LogP contribution in [0.25, 0.3) is 33.7 Å². The molecule has 4 aromatic rings. The summed E-state index contributed by atoms with van der Waals surface area (Å²) in [6, 6.07) is 10.3. The number of pyridine rings is 1. The number of para-hydroxylation sites is 1. The van der Waals surface area contributed by atoms with Crippen LogP contribution in [0.1, 0.15) is 6.92 Å². The van der Waals surface area contributed by atoms with Crippen molar-refractivity contribution in [1.82, 2.24) is 14.7 Å². The molecule has 170 valence electrons. The molecule has 0 radical (unpaired) electrons. The average Bonchev–Trinajstić information content (AvgIpc) is 3.32. The van der Waals surface area contributed by atoms with Crippen molar-refractivity contribution in [3.63, 3.8) is 0 Å². The SMILES string of the molecule is CCOc1ccccc1-c1noc(-c2cn(C)c3cc(N4CCOCC4)c(F)cc3c2=O)n1. The Labute approximate surface area is 189 Å². The molecule has 0 saturated carbocycles. The maximum Gasteiger partial charge on any atom is 0.263 e. The van der Waals surface area contributed by atoms with E-state index in [-0.39, 0.29) is 22.3 Å². The van der Waals surface area contributed by atoms with Crippen LogP contribution in [0.3, 0.4) is 0 Å². The maximum absolute atomic E-state index is 15.0. The molecule has 1 aliphatic rings. The number of morpholine rings is 1. The second-order valence-electron chi connectivity index (χ2n) is 7.76. The van der Waals surface area contributed by atoms with Crippen LogP contribution in [-0.2, 0) is 11.8 Å². The smallest absolute Gasteiger partial charge is 0.263 e. The number of ether oxygens (including phenoxy) is 2. The van der Waals surface area contributed by atoms with Crippen molar-refractivity contribution in [1.29, 1.82) is 0 Å². The van der Waals surface area contributed by atoms with E-state index in [1.54, 1.807) is 23.9 Å². The highest BCUT2D eigenvalue weighted by Gasteiger charge is 2.21. The zero-order chi connectivity index (χ0) is 22.9. The third-order valence-corrected chi connectivity index (χ3v) is 5.69. The van der Waals surface area contributed by atoms with E-state index in [2.05, 4.69) is 10.1 Å². The molecule has 33 heavy (non-hydrogen) atoms. The van der Waals surface area contributed by atoms with E-state index in [4.69, 9.17) is 14.0 Å².